The summed E-state index contributed by atoms with van der Waals surface area (Å²) in [5, 5.41) is 119. The highest BCUT2D eigenvalue weighted by Gasteiger charge is 2.53. The summed E-state index contributed by atoms with van der Waals surface area (Å²) in [7, 11) is 0. The van der Waals surface area contributed by atoms with Crippen molar-refractivity contribution in [2.45, 2.75) is 291 Å². The van der Waals surface area contributed by atoms with E-state index in [0.717, 1.165) is 83.5 Å². The van der Waals surface area contributed by atoms with Crippen molar-refractivity contribution < 1.29 is 89.4 Å². The Hall–Kier alpha value is -3.29. The molecule has 12 N–H and O–H groups in total. The van der Waals surface area contributed by atoms with Crippen molar-refractivity contribution in [2.24, 2.45) is 0 Å². The minimum Gasteiger partial charge on any atom is -0.394 e. The smallest absolute Gasteiger partial charge is 0.220 e. The highest BCUT2D eigenvalue weighted by Crippen LogP contribution is 2.33. The van der Waals surface area contributed by atoms with E-state index in [4.69, 9.17) is 28.4 Å². The number of unbranched alkanes of at least 4 members (excludes halogenated alkanes) is 17. The standard InChI is InChI=1S/C67H113NO18/c1-3-5-7-9-10-11-12-13-14-15-16-17-18-19-20-21-22-23-24-25-26-27-28-29-30-31-32-33-34-35-36-37-38-39-40-41-43-45-55(73)68-50(51(72)44-42-8-6-4-2)49-81-65-61(79)58(76)63(53(47-70)83-65)86-67-62(80)59(77)64(54(48-71)84-67)85-66-60(78)57(75)56(74)52(46-69)82-66/h5,7,10-11,13-14,16-17,19-20,22-23,25-26,42,44,50-54,56-67,69-72,74-80H,3-4,6,8-9,12,15,18,21,24,27-41,43,45-49H2,1-2H3,(H,68,73)/b7-5-,11-10-,14-13-,17-16-,20-19-,23-22-,26-25-,44-42+. The van der Waals surface area contributed by atoms with Crippen LogP contribution in [-0.2, 0) is 33.2 Å². The Morgan fingerprint density at radius 2 is 0.802 bits per heavy atom. The Labute approximate surface area is 513 Å². The van der Waals surface area contributed by atoms with Crippen LogP contribution in [0.25, 0.3) is 0 Å². The molecule has 3 aliphatic heterocycles. The molecule has 0 aromatic heterocycles. The molecule has 0 radical (unpaired) electrons. The number of nitrogens with one attached hydrogen (secondary N) is 1. The van der Waals surface area contributed by atoms with Gasteiger partial charge >= 0.3 is 0 Å². The zero-order chi connectivity index (χ0) is 62.6. The Morgan fingerprint density at radius 1 is 0.430 bits per heavy atom. The van der Waals surface area contributed by atoms with Gasteiger partial charge < -0.3 is 89.9 Å². The largest absolute Gasteiger partial charge is 0.394 e. The van der Waals surface area contributed by atoms with Crippen LogP contribution in [0.2, 0.25) is 0 Å². The maximum Gasteiger partial charge on any atom is 0.220 e. The fraction of sp³-hybridized carbons (Fsp3) is 0.746. The highest BCUT2D eigenvalue weighted by atomic mass is 16.8. The van der Waals surface area contributed by atoms with Gasteiger partial charge in [-0.25, -0.2) is 0 Å². The first-order chi connectivity index (χ1) is 41.8. The Balaban J connectivity index is 1.25. The van der Waals surface area contributed by atoms with Crippen molar-refractivity contribution in [1.29, 1.82) is 0 Å². The molecule has 0 aromatic rings. The van der Waals surface area contributed by atoms with E-state index in [1.165, 1.54) is 70.6 Å². The summed E-state index contributed by atoms with van der Waals surface area (Å²) >= 11 is 0. The average Bonchev–Trinajstić information content (AvgIpc) is 1.41. The minimum absolute atomic E-state index is 0.236. The number of rotatable bonds is 47. The van der Waals surface area contributed by atoms with E-state index in [0.29, 0.717) is 12.8 Å². The van der Waals surface area contributed by atoms with Gasteiger partial charge in [0.2, 0.25) is 5.91 Å². The molecule has 19 nitrogen and oxygen atoms in total. The van der Waals surface area contributed by atoms with Crippen LogP contribution >= 0.6 is 0 Å². The first-order valence-corrected chi connectivity index (χ1v) is 32.5. The third-order valence-electron chi connectivity index (χ3n) is 15.6. The summed E-state index contributed by atoms with van der Waals surface area (Å²) in [6.45, 7) is 1.41. The highest BCUT2D eigenvalue weighted by molar-refractivity contribution is 5.76. The van der Waals surface area contributed by atoms with Gasteiger partial charge in [-0.2, -0.15) is 0 Å². The quantitative estimate of drug-likeness (QED) is 0.0210. The SMILES string of the molecule is CC/C=C\C/C=C\C/C=C\C/C=C\C/C=C\C/C=C\C/C=C\CCCCCCCCCCCCCCCCCC(=O)NC(COC1OC(CO)C(OC2OC(CO)C(OC3OC(CO)C(O)C(O)C3O)C(O)C2O)C(O)C1O)C(O)/C=C/CCCC. The van der Waals surface area contributed by atoms with E-state index in [-0.39, 0.29) is 18.9 Å². The molecule has 0 aliphatic carbocycles. The molecule has 0 bridgehead atoms. The number of amides is 1. The Bertz CT molecular complexity index is 1940. The van der Waals surface area contributed by atoms with Crippen molar-refractivity contribution in [1.82, 2.24) is 5.32 Å². The monoisotopic (exact) mass is 1220 g/mol. The van der Waals surface area contributed by atoms with Crippen molar-refractivity contribution in [3.63, 3.8) is 0 Å². The molecular formula is C67H113NO18. The van der Waals surface area contributed by atoms with Gasteiger partial charge in [0.15, 0.2) is 18.9 Å². The number of carbonyl (C=O) groups excluding carboxylic acids is 1. The number of allylic oxidation sites excluding steroid dienone is 15. The van der Waals surface area contributed by atoms with Gasteiger partial charge in [-0.1, -0.05) is 207 Å². The molecule has 0 aromatic carbocycles. The van der Waals surface area contributed by atoms with E-state index in [2.05, 4.69) is 97.3 Å². The molecule has 3 heterocycles. The number of hydrogen-bond donors (Lipinski definition) is 12. The average molecular weight is 1220 g/mol. The number of carbonyl (C=O) groups is 1. The van der Waals surface area contributed by atoms with E-state index in [1.807, 2.05) is 13.0 Å². The second-order valence-electron chi connectivity index (χ2n) is 22.8. The van der Waals surface area contributed by atoms with Crippen molar-refractivity contribution in [2.75, 3.05) is 26.4 Å². The number of hydrogen-bond acceptors (Lipinski definition) is 18. The van der Waals surface area contributed by atoms with E-state index >= 15 is 0 Å². The van der Waals surface area contributed by atoms with Gasteiger partial charge in [-0.15, -0.1) is 0 Å². The lowest BCUT2D eigenvalue weighted by molar-refractivity contribution is -0.379. The van der Waals surface area contributed by atoms with Crippen LogP contribution in [-0.4, -0.2) is 193 Å². The van der Waals surface area contributed by atoms with Crippen LogP contribution in [0.15, 0.2) is 97.2 Å². The fourth-order valence-electron chi connectivity index (χ4n) is 10.3. The molecule has 17 atom stereocenters. The van der Waals surface area contributed by atoms with Gasteiger partial charge in [0.1, 0.15) is 73.2 Å². The molecule has 17 unspecified atom stereocenters. The van der Waals surface area contributed by atoms with Crippen LogP contribution in [0.5, 0.6) is 0 Å². The molecule has 3 fully saturated rings. The summed E-state index contributed by atoms with van der Waals surface area (Å²) < 4.78 is 34.0. The zero-order valence-corrected chi connectivity index (χ0v) is 51.7. The predicted molar refractivity (Wildman–Crippen MR) is 332 cm³/mol. The molecule has 1 amide bonds. The minimum atomic E-state index is -1.98. The molecule has 494 valence electrons. The van der Waals surface area contributed by atoms with Gasteiger partial charge in [-0.3, -0.25) is 4.79 Å². The normalized spacial score (nSPS) is 29.4. The predicted octanol–water partition coefficient (Wildman–Crippen LogP) is 7.32. The van der Waals surface area contributed by atoms with Crippen LogP contribution in [0, 0.1) is 0 Å². The van der Waals surface area contributed by atoms with Crippen LogP contribution in [0.3, 0.4) is 0 Å². The van der Waals surface area contributed by atoms with Gasteiger partial charge in [0.05, 0.1) is 38.6 Å². The van der Waals surface area contributed by atoms with Crippen LogP contribution in [0.4, 0.5) is 0 Å². The van der Waals surface area contributed by atoms with Crippen molar-refractivity contribution >= 4 is 5.91 Å². The van der Waals surface area contributed by atoms with Gasteiger partial charge in [0.25, 0.3) is 0 Å². The second-order valence-corrected chi connectivity index (χ2v) is 22.8. The molecule has 0 saturated carbocycles. The van der Waals surface area contributed by atoms with Gasteiger partial charge in [-0.05, 0) is 70.6 Å². The molecule has 86 heavy (non-hydrogen) atoms. The van der Waals surface area contributed by atoms with Gasteiger partial charge in [0, 0.05) is 6.42 Å². The van der Waals surface area contributed by atoms with Crippen LogP contribution in [0.1, 0.15) is 187 Å². The Kier molecular flexibility index (Phi) is 43.4. The van der Waals surface area contributed by atoms with E-state index in [1.54, 1.807) is 6.08 Å². The van der Waals surface area contributed by atoms with Crippen molar-refractivity contribution in [3.8, 4) is 0 Å². The zero-order valence-electron chi connectivity index (χ0n) is 51.7. The first-order valence-electron chi connectivity index (χ1n) is 32.5. The number of aliphatic hydroxyl groups excluding tert-OH is 11. The maximum atomic E-state index is 13.2. The molecule has 0 spiro atoms. The van der Waals surface area contributed by atoms with Crippen molar-refractivity contribution in [3.05, 3.63) is 97.2 Å². The lowest BCUT2D eigenvalue weighted by Gasteiger charge is -2.48. The number of ether oxygens (including phenoxy) is 6. The third-order valence-corrected chi connectivity index (χ3v) is 15.6. The first kappa shape index (κ1) is 77.0. The summed E-state index contributed by atoms with van der Waals surface area (Å²) in [5.41, 5.74) is 0. The molecule has 3 aliphatic rings. The number of aliphatic hydroxyl groups is 11. The van der Waals surface area contributed by atoms with E-state index in [9.17, 15) is 61.0 Å². The maximum absolute atomic E-state index is 13.2. The molecule has 3 rings (SSSR count). The third kappa shape index (κ3) is 31.0. The topological polar surface area (TPSA) is 307 Å². The molecule has 19 heteroatoms. The fourth-order valence-corrected chi connectivity index (χ4v) is 10.3. The van der Waals surface area contributed by atoms with Crippen LogP contribution < -0.4 is 5.32 Å². The summed E-state index contributed by atoms with van der Waals surface area (Å²) in [5.74, 6) is -0.290. The lowest BCUT2D eigenvalue weighted by Crippen LogP contribution is -2.66. The summed E-state index contributed by atoms with van der Waals surface area (Å²) in [6.07, 6.45) is 36.6. The van der Waals surface area contributed by atoms with E-state index < -0.39 is 124 Å². The summed E-state index contributed by atoms with van der Waals surface area (Å²) in [4.78, 5) is 13.2. The molecule has 3 saturated heterocycles. The molecular weight excluding hydrogens is 1110 g/mol. The second kappa shape index (κ2) is 48.5. The Morgan fingerprint density at radius 3 is 1.24 bits per heavy atom. The lowest BCUT2D eigenvalue weighted by atomic mass is 9.96. The summed E-state index contributed by atoms with van der Waals surface area (Å²) in [6, 6.07) is -0.973.